The zero-order valence-electron chi connectivity index (χ0n) is 12.3. The van der Waals surface area contributed by atoms with Crippen LogP contribution in [0.15, 0.2) is 30.3 Å². The van der Waals surface area contributed by atoms with Gasteiger partial charge >= 0.3 is 0 Å². The molecule has 0 spiro atoms. The molecule has 0 radical (unpaired) electrons. The lowest BCUT2D eigenvalue weighted by molar-refractivity contribution is 0.0672. The molecule has 1 amide bonds. The predicted molar refractivity (Wildman–Crippen MR) is 82.3 cm³/mol. The van der Waals surface area contributed by atoms with Crippen molar-refractivity contribution in [2.75, 3.05) is 0 Å². The van der Waals surface area contributed by atoms with Crippen LogP contribution in [0.25, 0.3) is 0 Å². The molecule has 3 nitrogen and oxygen atoms in total. The highest BCUT2D eigenvalue weighted by Gasteiger charge is 2.50. The smallest absolute Gasteiger partial charge is 0.255 e. The molecule has 1 fully saturated rings. The van der Waals surface area contributed by atoms with Crippen LogP contribution in [0.2, 0.25) is 0 Å². The first-order valence-corrected chi connectivity index (χ1v) is 7.71. The van der Waals surface area contributed by atoms with Crippen LogP contribution in [0.3, 0.4) is 0 Å². The van der Waals surface area contributed by atoms with Crippen LogP contribution in [-0.4, -0.2) is 27.0 Å². The van der Waals surface area contributed by atoms with Gasteiger partial charge in [-0.1, -0.05) is 32.0 Å². The van der Waals surface area contributed by atoms with Gasteiger partial charge in [-0.2, -0.15) is 5.26 Å². The highest BCUT2D eigenvalue weighted by molar-refractivity contribution is 8.01. The van der Waals surface area contributed by atoms with Gasteiger partial charge in [-0.25, -0.2) is 0 Å². The van der Waals surface area contributed by atoms with E-state index >= 15 is 0 Å². The Morgan fingerprint density at radius 3 is 2.45 bits per heavy atom. The maximum absolute atomic E-state index is 12.8. The Labute approximate surface area is 125 Å². The van der Waals surface area contributed by atoms with Gasteiger partial charge in [0.1, 0.15) is 6.04 Å². The number of rotatable bonds is 2. The zero-order chi connectivity index (χ0) is 14.9. The summed E-state index contributed by atoms with van der Waals surface area (Å²) in [5.41, 5.74) is 0.650. The number of amides is 1. The molecule has 1 saturated heterocycles. The van der Waals surface area contributed by atoms with E-state index in [0.717, 1.165) is 0 Å². The zero-order valence-corrected chi connectivity index (χ0v) is 13.1. The third-order valence-corrected chi connectivity index (χ3v) is 5.43. The summed E-state index contributed by atoms with van der Waals surface area (Å²) < 4.78 is -0.242. The van der Waals surface area contributed by atoms with E-state index in [9.17, 15) is 10.1 Å². The van der Waals surface area contributed by atoms with Crippen LogP contribution in [-0.2, 0) is 0 Å². The van der Waals surface area contributed by atoms with Gasteiger partial charge in [-0.15, -0.1) is 11.8 Å². The molecular weight excluding hydrogens is 268 g/mol. The van der Waals surface area contributed by atoms with Gasteiger partial charge in [0.05, 0.1) is 11.4 Å². The summed E-state index contributed by atoms with van der Waals surface area (Å²) >= 11 is 1.72. The first kappa shape index (κ1) is 14.9. The topological polar surface area (TPSA) is 44.1 Å². The summed E-state index contributed by atoms with van der Waals surface area (Å²) in [6.07, 6.45) is 0. The van der Waals surface area contributed by atoms with Gasteiger partial charge in [-0.05, 0) is 31.9 Å². The average Bonchev–Trinajstić information content (AvgIpc) is 2.70. The first-order chi connectivity index (χ1) is 9.38. The molecule has 2 atom stereocenters. The second-order valence-corrected chi connectivity index (χ2v) is 7.74. The Morgan fingerprint density at radius 2 is 1.95 bits per heavy atom. The van der Waals surface area contributed by atoms with Gasteiger partial charge in [0.25, 0.3) is 5.91 Å². The maximum atomic E-state index is 12.8. The number of carbonyl (C=O) groups excluding carboxylic acids is 1. The fourth-order valence-corrected chi connectivity index (χ4v) is 4.07. The SMILES string of the molecule is CC(C)C1SC(C)(C)C(C#N)N1C(=O)c1ccccc1. The molecule has 1 heterocycles. The lowest BCUT2D eigenvalue weighted by Crippen LogP contribution is -2.46. The first-order valence-electron chi connectivity index (χ1n) is 6.83. The molecule has 1 aliphatic rings. The van der Waals surface area contributed by atoms with Crippen molar-refractivity contribution in [2.24, 2.45) is 5.92 Å². The van der Waals surface area contributed by atoms with Crippen LogP contribution in [0, 0.1) is 17.2 Å². The number of hydrogen-bond donors (Lipinski definition) is 0. The normalized spacial score (nSPS) is 24.7. The van der Waals surface area contributed by atoms with Crippen molar-refractivity contribution in [1.82, 2.24) is 4.90 Å². The predicted octanol–water partition coefficient (Wildman–Crippen LogP) is 3.53. The molecule has 0 saturated carbocycles. The minimum absolute atomic E-state index is 0.0438. The van der Waals surface area contributed by atoms with Crippen LogP contribution < -0.4 is 0 Å². The van der Waals surface area contributed by atoms with Crippen molar-refractivity contribution in [1.29, 1.82) is 5.26 Å². The highest BCUT2D eigenvalue weighted by Crippen LogP contribution is 2.47. The van der Waals surface area contributed by atoms with E-state index in [-0.39, 0.29) is 16.0 Å². The van der Waals surface area contributed by atoms with E-state index in [1.165, 1.54) is 0 Å². The summed E-state index contributed by atoms with van der Waals surface area (Å²) in [5.74, 6) is 0.263. The number of benzene rings is 1. The van der Waals surface area contributed by atoms with Crippen molar-refractivity contribution in [3.8, 4) is 6.07 Å². The molecule has 0 bridgehead atoms. The van der Waals surface area contributed by atoms with Gasteiger partial charge in [0.15, 0.2) is 0 Å². The van der Waals surface area contributed by atoms with E-state index < -0.39 is 6.04 Å². The Kier molecular flexibility index (Phi) is 4.10. The summed E-state index contributed by atoms with van der Waals surface area (Å²) in [4.78, 5) is 14.5. The molecule has 106 valence electrons. The van der Waals surface area contributed by atoms with Gasteiger partial charge in [0, 0.05) is 10.3 Å². The van der Waals surface area contributed by atoms with E-state index in [4.69, 9.17) is 0 Å². The molecule has 2 unspecified atom stereocenters. The summed E-state index contributed by atoms with van der Waals surface area (Å²) in [6, 6.07) is 11.1. The summed E-state index contributed by atoms with van der Waals surface area (Å²) in [7, 11) is 0. The molecule has 1 aromatic rings. The minimum atomic E-state index is -0.396. The maximum Gasteiger partial charge on any atom is 0.255 e. The Balaban J connectivity index is 2.40. The molecule has 0 N–H and O–H groups in total. The van der Waals surface area contributed by atoms with Crippen molar-refractivity contribution in [2.45, 2.75) is 43.9 Å². The second kappa shape index (κ2) is 5.49. The monoisotopic (exact) mass is 288 g/mol. The second-order valence-electron chi connectivity index (χ2n) is 5.97. The van der Waals surface area contributed by atoms with Crippen molar-refractivity contribution in [3.63, 3.8) is 0 Å². The van der Waals surface area contributed by atoms with E-state index in [0.29, 0.717) is 11.5 Å². The minimum Gasteiger partial charge on any atom is -0.309 e. The van der Waals surface area contributed by atoms with Gasteiger partial charge < -0.3 is 4.90 Å². The number of thioether (sulfide) groups is 1. The van der Waals surface area contributed by atoms with Gasteiger partial charge in [-0.3, -0.25) is 4.79 Å². The molecule has 2 rings (SSSR count). The third-order valence-electron chi connectivity index (χ3n) is 3.58. The van der Waals surface area contributed by atoms with Crippen molar-refractivity contribution >= 4 is 17.7 Å². The number of hydrogen-bond acceptors (Lipinski definition) is 3. The fourth-order valence-electron chi connectivity index (χ4n) is 2.55. The van der Waals surface area contributed by atoms with Crippen LogP contribution in [0.1, 0.15) is 38.1 Å². The lowest BCUT2D eigenvalue weighted by atomic mass is 10.0. The fraction of sp³-hybridized carbons (Fsp3) is 0.500. The highest BCUT2D eigenvalue weighted by atomic mass is 32.2. The summed E-state index contributed by atoms with van der Waals surface area (Å²) in [5, 5.41) is 9.55. The van der Waals surface area contributed by atoms with Crippen LogP contribution in [0.4, 0.5) is 0 Å². The Hall–Kier alpha value is -1.47. The van der Waals surface area contributed by atoms with Crippen molar-refractivity contribution < 1.29 is 4.79 Å². The molecular formula is C16H20N2OS. The van der Waals surface area contributed by atoms with Crippen LogP contribution >= 0.6 is 11.8 Å². The van der Waals surface area contributed by atoms with E-state index in [1.54, 1.807) is 16.7 Å². The summed E-state index contributed by atoms with van der Waals surface area (Å²) in [6.45, 7) is 8.27. The van der Waals surface area contributed by atoms with E-state index in [1.807, 2.05) is 44.2 Å². The molecule has 1 aliphatic heterocycles. The molecule has 20 heavy (non-hydrogen) atoms. The quantitative estimate of drug-likeness (QED) is 0.836. The largest absolute Gasteiger partial charge is 0.309 e. The molecule has 1 aromatic carbocycles. The number of nitrogens with zero attached hydrogens (tertiary/aromatic N) is 2. The standard InChI is InChI=1S/C16H20N2OS/c1-11(2)15-18(13(10-17)16(3,4)20-15)14(19)12-8-6-5-7-9-12/h5-9,11,13,15H,1-4H3. The molecule has 0 aromatic heterocycles. The van der Waals surface area contributed by atoms with E-state index in [2.05, 4.69) is 19.9 Å². The van der Waals surface area contributed by atoms with Crippen molar-refractivity contribution in [3.05, 3.63) is 35.9 Å². The number of carbonyl (C=O) groups is 1. The number of nitriles is 1. The van der Waals surface area contributed by atoms with Gasteiger partial charge in [0.2, 0.25) is 0 Å². The van der Waals surface area contributed by atoms with Crippen LogP contribution in [0.5, 0.6) is 0 Å². The Morgan fingerprint density at radius 1 is 1.35 bits per heavy atom. The lowest BCUT2D eigenvalue weighted by Gasteiger charge is -2.29. The third kappa shape index (κ3) is 2.55. The average molecular weight is 288 g/mol. The molecule has 0 aliphatic carbocycles. The Bertz CT molecular complexity index is 533. The molecule has 4 heteroatoms.